The van der Waals surface area contributed by atoms with E-state index >= 15 is 0 Å². The van der Waals surface area contributed by atoms with Crippen molar-refractivity contribution in [1.82, 2.24) is 10.6 Å². The van der Waals surface area contributed by atoms with E-state index in [2.05, 4.69) is 17.2 Å². The summed E-state index contributed by atoms with van der Waals surface area (Å²) in [6, 6.07) is 0.429. The van der Waals surface area contributed by atoms with Crippen LogP contribution < -0.4 is 10.6 Å². The monoisotopic (exact) mass is 180 g/mol. The van der Waals surface area contributed by atoms with Crippen LogP contribution in [0.1, 0.15) is 19.3 Å². The summed E-state index contributed by atoms with van der Waals surface area (Å²) in [4.78, 5) is 11.5. The van der Waals surface area contributed by atoms with E-state index in [9.17, 15) is 4.79 Å². The predicted molar refractivity (Wildman–Crippen MR) is 51.3 cm³/mol. The maximum Gasteiger partial charge on any atom is 0.237 e. The smallest absolute Gasteiger partial charge is 0.237 e. The van der Waals surface area contributed by atoms with Crippen LogP contribution in [0.2, 0.25) is 0 Å². The Morgan fingerprint density at radius 1 is 1.62 bits per heavy atom. The average Bonchev–Trinajstić information content (AvgIpc) is 2.68. The van der Waals surface area contributed by atoms with E-state index in [1.165, 1.54) is 0 Å². The van der Waals surface area contributed by atoms with E-state index < -0.39 is 0 Å². The molecule has 2 fully saturated rings. The molecule has 1 amide bonds. The number of hydrogen-bond acceptors (Lipinski definition) is 2. The van der Waals surface area contributed by atoms with Crippen LogP contribution in [0.5, 0.6) is 0 Å². The standard InChI is InChI=1S/C10H16N2O/c1-2-7-6-9(7)12-10(13)8-4-3-5-11-8/h2,7-9,11H,1,3-6H2,(H,12,13)/t7-,8+,9-/m1/s1. The quantitative estimate of drug-likeness (QED) is 0.618. The lowest BCUT2D eigenvalue weighted by atomic mass is 10.2. The van der Waals surface area contributed by atoms with Gasteiger partial charge in [0.25, 0.3) is 0 Å². The maximum atomic E-state index is 11.5. The minimum atomic E-state index is 0.0612. The normalized spacial score (nSPS) is 37.1. The second kappa shape index (κ2) is 3.50. The van der Waals surface area contributed by atoms with E-state index in [4.69, 9.17) is 0 Å². The van der Waals surface area contributed by atoms with Gasteiger partial charge in [-0.1, -0.05) is 6.08 Å². The molecular formula is C10H16N2O. The fourth-order valence-electron chi connectivity index (χ4n) is 1.83. The van der Waals surface area contributed by atoms with Gasteiger partial charge >= 0.3 is 0 Å². The SMILES string of the molecule is C=C[C@@H]1C[C@H]1NC(=O)[C@@H]1CCCN1. The summed E-state index contributed by atoms with van der Waals surface area (Å²) >= 11 is 0. The maximum absolute atomic E-state index is 11.5. The first-order valence-electron chi connectivity index (χ1n) is 4.97. The summed E-state index contributed by atoms with van der Waals surface area (Å²) < 4.78 is 0. The number of nitrogens with one attached hydrogen (secondary N) is 2. The molecule has 0 bridgehead atoms. The molecule has 1 heterocycles. The van der Waals surface area contributed by atoms with Crippen molar-refractivity contribution in [2.75, 3.05) is 6.54 Å². The largest absolute Gasteiger partial charge is 0.351 e. The Kier molecular flexibility index (Phi) is 2.36. The van der Waals surface area contributed by atoms with Gasteiger partial charge in [0.2, 0.25) is 5.91 Å². The van der Waals surface area contributed by atoms with Crippen molar-refractivity contribution in [3.8, 4) is 0 Å². The molecule has 0 aromatic heterocycles. The van der Waals surface area contributed by atoms with Gasteiger partial charge in [0.1, 0.15) is 0 Å². The zero-order valence-electron chi connectivity index (χ0n) is 7.75. The minimum Gasteiger partial charge on any atom is -0.351 e. The summed E-state index contributed by atoms with van der Waals surface area (Å²) in [6.45, 7) is 4.69. The van der Waals surface area contributed by atoms with E-state index in [0.29, 0.717) is 12.0 Å². The molecule has 3 heteroatoms. The third-order valence-corrected chi connectivity index (χ3v) is 2.85. The third-order valence-electron chi connectivity index (χ3n) is 2.85. The Hall–Kier alpha value is -0.830. The molecule has 13 heavy (non-hydrogen) atoms. The van der Waals surface area contributed by atoms with Gasteiger partial charge < -0.3 is 10.6 Å². The van der Waals surface area contributed by atoms with Crippen LogP contribution in [0.3, 0.4) is 0 Å². The molecule has 1 saturated heterocycles. The van der Waals surface area contributed by atoms with Crippen LogP contribution in [0.4, 0.5) is 0 Å². The van der Waals surface area contributed by atoms with Crippen LogP contribution in [0.15, 0.2) is 12.7 Å². The van der Waals surface area contributed by atoms with Gasteiger partial charge in [0.15, 0.2) is 0 Å². The fraction of sp³-hybridized carbons (Fsp3) is 0.700. The number of hydrogen-bond donors (Lipinski definition) is 2. The summed E-state index contributed by atoms with van der Waals surface area (Å²) in [6.07, 6.45) is 5.10. The highest BCUT2D eigenvalue weighted by Gasteiger charge is 2.37. The lowest BCUT2D eigenvalue weighted by Gasteiger charge is -2.09. The van der Waals surface area contributed by atoms with Crippen molar-refractivity contribution in [3.05, 3.63) is 12.7 Å². The Labute approximate surface area is 78.6 Å². The molecule has 2 N–H and O–H groups in total. The Balaban J connectivity index is 1.75. The van der Waals surface area contributed by atoms with Crippen LogP contribution in [-0.2, 0) is 4.79 Å². The highest BCUT2D eigenvalue weighted by molar-refractivity contribution is 5.82. The van der Waals surface area contributed by atoms with Crippen molar-refractivity contribution in [1.29, 1.82) is 0 Å². The van der Waals surface area contributed by atoms with Gasteiger partial charge in [0, 0.05) is 6.04 Å². The molecule has 0 spiro atoms. The van der Waals surface area contributed by atoms with Crippen molar-refractivity contribution in [3.63, 3.8) is 0 Å². The minimum absolute atomic E-state index is 0.0612. The number of amides is 1. The summed E-state index contributed by atoms with van der Waals surface area (Å²) in [5.74, 6) is 0.692. The van der Waals surface area contributed by atoms with Gasteiger partial charge in [-0.2, -0.15) is 0 Å². The first kappa shape index (κ1) is 8.75. The van der Waals surface area contributed by atoms with Crippen LogP contribution >= 0.6 is 0 Å². The molecule has 0 unspecified atom stereocenters. The molecule has 0 aromatic rings. The summed E-state index contributed by atoms with van der Waals surface area (Å²) in [5, 5.41) is 6.21. The zero-order valence-corrected chi connectivity index (χ0v) is 7.75. The molecule has 0 radical (unpaired) electrons. The molecule has 2 aliphatic rings. The first-order valence-corrected chi connectivity index (χ1v) is 4.97. The molecule has 3 atom stereocenters. The molecule has 3 nitrogen and oxygen atoms in total. The van der Waals surface area contributed by atoms with Gasteiger partial charge in [-0.3, -0.25) is 4.79 Å². The van der Waals surface area contributed by atoms with Crippen LogP contribution in [0.25, 0.3) is 0 Å². The third kappa shape index (κ3) is 1.91. The fourth-order valence-corrected chi connectivity index (χ4v) is 1.83. The summed E-state index contributed by atoms with van der Waals surface area (Å²) in [5.41, 5.74) is 0. The molecule has 72 valence electrons. The van der Waals surface area contributed by atoms with Crippen LogP contribution in [0, 0.1) is 5.92 Å². The topological polar surface area (TPSA) is 41.1 Å². The van der Waals surface area contributed by atoms with Gasteiger partial charge in [-0.15, -0.1) is 6.58 Å². The molecule has 1 aliphatic carbocycles. The number of rotatable bonds is 3. The Morgan fingerprint density at radius 3 is 3.00 bits per heavy atom. The van der Waals surface area contributed by atoms with Crippen molar-refractivity contribution < 1.29 is 4.79 Å². The molecular weight excluding hydrogens is 164 g/mol. The second-order valence-electron chi connectivity index (χ2n) is 3.90. The van der Waals surface area contributed by atoms with Gasteiger partial charge in [0.05, 0.1) is 6.04 Å². The van der Waals surface area contributed by atoms with E-state index in [-0.39, 0.29) is 11.9 Å². The molecule has 1 saturated carbocycles. The molecule has 1 aliphatic heterocycles. The second-order valence-corrected chi connectivity index (χ2v) is 3.90. The van der Waals surface area contributed by atoms with Crippen LogP contribution in [-0.4, -0.2) is 24.5 Å². The van der Waals surface area contributed by atoms with Crippen molar-refractivity contribution in [2.45, 2.75) is 31.3 Å². The van der Waals surface area contributed by atoms with Gasteiger partial charge in [-0.05, 0) is 31.7 Å². The highest BCUT2D eigenvalue weighted by atomic mass is 16.2. The van der Waals surface area contributed by atoms with E-state index in [1.54, 1.807) is 0 Å². The molecule has 2 rings (SSSR count). The highest BCUT2D eigenvalue weighted by Crippen LogP contribution is 2.31. The number of carbonyl (C=O) groups is 1. The summed E-state index contributed by atoms with van der Waals surface area (Å²) in [7, 11) is 0. The predicted octanol–water partition coefficient (Wildman–Crippen LogP) is 0.429. The average molecular weight is 180 g/mol. The number of carbonyl (C=O) groups excluding carboxylic acids is 1. The molecule has 0 aromatic carbocycles. The van der Waals surface area contributed by atoms with Crippen molar-refractivity contribution in [2.24, 2.45) is 5.92 Å². The first-order chi connectivity index (χ1) is 6.31. The van der Waals surface area contributed by atoms with E-state index in [0.717, 1.165) is 25.8 Å². The zero-order chi connectivity index (χ0) is 9.26. The lowest BCUT2D eigenvalue weighted by molar-refractivity contribution is -0.122. The van der Waals surface area contributed by atoms with Crippen molar-refractivity contribution >= 4 is 5.91 Å². The lowest BCUT2D eigenvalue weighted by Crippen LogP contribution is -2.41. The van der Waals surface area contributed by atoms with Gasteiger partial charge in [-0.25, -0.2) is 0 Å². The Bertz CT molecular complexity index is 221. The van der Waals surface area contributed by atoms with E-state index in [1.807, 2.05) is 6.08 Å². The Morgan fingerprint density at radius 2 is 2.46 bits per heavy atom.